The number of rotatable bonds is 33. The SMILES string of the molecule is CNCCCCC(NC(=O)C(C)(C)COCC(C)(C)COC)C(=O)NCC(C)(C)COCC(C)(C)CNC(=O)CCC(C(=O)O)N1CCN(CC(=O)O)CCN(CC(=O)O)CCN(CC(=O)O)C1. The third-order valence-corrected chi connectivity index (χ3v) is 11.4. The van der Waals surface area contributed by atoms with Gasteiger partial charge >= 0.3 is 23.9 Å². The number of aliphatic carboxylic acids is 4. The van der Waals surface area contributed by atoms with Gasteiger partial charge in [0.1, 0.15) is 12.1 Å². The van der Waals surface area contributed by atoms with Crippen LogP contribution in [-0.2, 0) is 47.8 Å². The van der Waals surface area contributed by atoms with Crippen molar-refractivity contribution in [2.75, 3.05) is 132 Å². The summed E-state index contributed by atoms with van der Waals surface area (Å²) in [5, 5.41) is 50.9. The van der Waals surface area contributed by atoms with Crippen molar-refractivity contribution in [1.29, 1.82) is 0 Å². The van der Waals surface area contributed by atoms with E-state index < -0.39 is 64.7 Å². The number of unbranched alkanes of at least 4 members (excludes halogenated alkanes) is 1. The second-order valence-corrected chi connectivity index (χ2v) is 21.0. The van der Waals surface area contributed by atoms with Crippen molar-refractivity contribution in [2.45, 2.75) is 99.6 Å². The Morgan fingerprint density at radius 1 is 0.603 bits per heavy atom. The van der Waals surface area contributed by atoms with Crippen LogP contribution in [0.1, 0.15) is 87.5 Å². The summed E-state index contributed by atoms with van der Waals surface area (Å²) in [6.07, 6.45) is 1.72. The van der Waals surface area contributed by atoms with Gasteiger partial charge in [-0.1, -0.05) is 41.5 Å². The van der Waals surface area contributed by atoms with E-state index in [0.717, 1.165) is 19.4 Å². The molecule has 3 amide bonds. The number of amides is 3. The number of hydrogen-bond donors (Lipinski definition) is 8. The lowest BCUT2D eigenvalue weighted by Crippen LogP contribution is -2.52. The summed E-state index contributed by atoms with van der Waals surface area (Å²) < 4.78 is 17.3. The van der Waals surface area contributed by atoms with E-state index in [1.165, 1.54) is 9.80 Å². The fourth-order valence-electron chi connectivity index (χ4n) is 7.40. The Hall–Kier alpha value is -4.03. The lowest BCUT2D eigenvalue weighted by Gasteiger charge is -2.34. The molecular formula is C46H86N8O14. The maximum absolute atomic E-state index is 13.6. The van der Waals surface area contributed by atoms with Gasteiger partial charge in [0, 0.05) is 82.1 Å². The Kier molecular flexibility index (Phi) is 27.8. The first-order chi connectivity index (χ1) is 31.6. The molecule has 0 radical (unpaired) electrons. The maximum atomic E-state index is 13.6. The van der Waals surface area contributed by atoms with Crippen LogP contribution >= 0.6 is 0 Å². The summed E-state index contributed by atoms with van der Waals surface area (Å²) in [6.45, 7) is 17.7. The van der Waals surface area contributed by atoms with Crippen molar-refractivity contribution in [3.8, 4) is 0 Å². The molecule has 0 aliphatic carbocycles. The van der Waals surface area contributed by atoms with Gasteiger partial charge < -0.3 is 55.9 Å². The molecule has 22 heteroatoms. The van der Waals surface area contributed by atoms with Gasteiger partial charge in [0.05, 0.1) is 64.8 Å². The van der Waals surface area contributed by atoms with E-state index in [9.17, 15) is 54.0 Å². The second kappa shape index (κ2) is 30.5. The average molecular weight is 975 g/mol. The number of carboxylic acid groups (broad SMARTS) is 4. The third kappa shape index (κ3) is 27.2. The van der Waals surface area contributed by atoms with Crippen LogP contribution in [0.2, 0.25) is 0 Å². The average Bonchev–Trinajstić information content (AvgIpc) is 3.24. The quantitative estimate of drug-likeness (QED) is 0.0417. The molecule has 2 unspecified atom stereocenters. The van der Waals surface area contributed by atoms with Gasteiger partial charge in [0.15, 0.2) is 0 Å². The molecule has 1 saturated heterocycles. The lowest BCUT2D eigenvalue weighted by atomic mass is 9.91. The number of nitrogens with zero attached hydrogens (tertiary/aromatic N) is 4. The van der Waals surface area contributed by atoms with Crippen LogP contribution in [0.5, 0.6) is 0 Å². The molecule has 0 aromatic rings. The highest BCUT2D eigenvalue weighted by Crippen LogP contribution is 2.22. The van der Waals surface area contributed by atoms with Gasteiger partial charge in [-0.2, -0.15) is 0 Å². The van der Waals surface area contributed by atoms with Crippen LogP contribution in [-0.4, -0.2) is 226 Å². The molecule has 2 atom stereocenters. The summed E-state index contributed by atoms with van der Waals surface area (Å²) >= 11 is 0. The maximum Gasteiger partial charge on any atom is 0.320 e. The molecule has 1 aliphatic rings. The predicted molar refractivity (Wildman–Crippen MR) is 254 cm³/mol. The van der Waals surface area contributed by atoms with Gasteiger partial charge in [0.25, 0.3) is 0 Å². The number of carbonyl (C=O) groups is 7. The highest BCUT2D eigenvalue weighted by atomic mass is 16.5. The normalized spacial score (nSPS) is 16.6. The van der Waals surface area contributed by atoms with E-state index in [1.54, 1.807) is 30.8 Å². The Morgan fingerprint density at radius 2 is 1.09 bits per heavy atom. The first kappa shape index (κ1) is 62.0. The molecule has 22 nitrogen and oxygen atoms in total. The van der Waals surface area contributed by atoms with E-state index in [4.69, 9.17) is 14.2 Å². The number of nitrogens with one attached hydrogen (secondary N) is 4. The molecule has 0 bridgehead atoms. The molecule has 0 aromatic heterocycles. The third-order valence-electron chi connectivity index (χ3n) is 11.4. The summed E-state index contributed by atoms with van der Waals surface area (Å²) in [5.74, 6) is -5.59. The van der Waals surface area contributed by atoms with E-state index in [0.29, 0.717) is 19.6 Å². The van der Waals surface area contributed by atoms with E-state index in [1.807, 2.05) is 48.6 Å². The zero-order valence-electron chi connectivity index (χ0n) is 42.6. The molecule has 1 heterocycles. The van der Waals surface area contributed by atoms with Crippen molar-refractivity contribution in [3.63, 3.8) is 0 Å². The fraction of sp³-hybridized carbons (Fsp3) is 0.848. The van der Waals surface area contributed by atoms with Crippen molar-refractivity contribution >= 4 is 41.6 Å². The van der Waals surface area contributed by atoms with E-state index in [-0.39, 0.29) is 122 Å². The molecule has 8 N–H and O–H groups in total. The van der Waals surface area contributed by atoms with Gasteiger partial charge in [-0.05, 0) is 53.1 Å². The van der Waals surface area contributed by atoms with Crippen LogP contribution in [0, 0.1) is 21.7 Å². The molecule has 0 spiro atoms. The minimum absolute atomic E-state index is 0.0444. The van der Waals surface area contributed by atoms with Crippen molar-refractivity contribution in [2.24, 2.45) is 21.7 Å². The zero-order valence-corrected chi connectivity index (χ0v) is 42.6. The molecule has 0 saturated carbocycles. The molecule has 1 aliphatic heterocycles. The van der Waals surface area contributed by atoms with Crippen LogP contribution in [0.25, 0.3) is 0 Å². The Labute approximate surface area is 403 Å². The van der Waals surface area contributed by atoms with E-state index >= 15 is 0 Å². The second-order valence-electron chi connectivity index (χ2n) is 21.0. The Balaban J connectivity index is 2.87. The minimum Gasteiger partial charge on any atom is -0.480 e. The van der Waals surface area contributed by atoms with Crippen molar-refractivity contribution in [1.82, 2.24) is 40.9 Å². The van der Waals surface area contributed by atoms with Gasteiger partial charge in [-0.15, -0.1) is 0 Å². The largest absolute Gasteiger partial charge is 0.480 e. The van der Waals surface area contributed by atoms with Gasteiger partial charge in [-0.25, -0.2) is 0 Å². The van der Waals surface area contributed by atoms with Crippen LogP contribution in [0.4, 0.5) is 0 Å². The standard InChI is InChI=1S/C46H86N8O14/c1-43(2,29-67-30-44(3,4)27-49-40(62)34(13-11-12-16-47-9)50-42(65)46(7,8)32-68-31-45(5,6)28-66-10)26-48-36(55)15-14-35(41(63)64)54-22-21-52(24-38(58)59)18-17-51(23-37(56)57)19-20-53(33-54)25-39(60)61/h34-35,47H,11-33H2,1-10H3,(H,48,55)(H,49,62)(H,50,65)(H,56,57)(H,58,59)(H,60,61)(H,63,64). The van der Waals surface area contributed by atoms with Crippen LogP contribution < -0.4 is 21.3 Å². The molecule has 68 heavy (non-hydrogen) atoms. The predicted octanol–water partition coefficient (Wildman–Crippen LogP) is 0.544. The number of carboxylic acids is 4. The lowest BCUT2D eigenvalue weighted by molar-refractivity contribution is -0.146. The highest BCUT2D eigenvalue weighted by Gasteiger charge is 2.34. The Bertz CT molecular complexity index is 1600. The highest BCUT2D eigenvalue weighted by molar-refractivity contribution is 5.89. The topological polar surface area (TPSA) is 289 Å². The molecular weight excluding hydrogens is 889 g/mol. The summed E-state index contributed by atoms with van der Waals surface area (Å²) in [7, 11) is 3.49. The number of ether oxygens (including phenoxy) is 3. The van der Waals surface area contributed by atoms with Crippen molar-refractivity contribution < 1.29 is 68.2 Å². The molecule has 0 aromatic carbocycles. The zero-order chi connectivity index (χ0) is 51.7. The Morgan fingerprint density at radius 3 is 1.60 bits per heavy atom. The van der Waals surface area contributed by atoms with Gasteiger partial charge in [-0.3, -0.25) is 53.2 Å². The smallest absolute Gasteiger partial charge is 0.320 e. The monoisotopic (exact) mass is 975 g/mol. The first-order valence-electron chi connectivity index (χ1n) is 23.5. The molecule has 1 fully saturated rings. The van der Waals surface area contributed by atoms with Crippen LogP contribution in [0.15, 0.2) is 0 Å². The summed E-state index contributed by atoms with van der Waals surface area (Å²) in [4.78, 5) is 94.0. The van der Waals surface area contributed by atoms with Crippen molar-refractivity contribution in [3.05, 3.63) is 0 Å². The number of carbonyl (C=O) groups excluding carboxylic acids is 3. The number of methoxy groups -OCH3 is 1. The molecule has 394 valence electrons. The summed E-state index contributed by atoms with van der Waals surface area (Å²) in [5.41, 5.74) is -2.16. The number of hydrogen-bond acceptors (Lipinski definition) is 15. The summed E-state index contributed by atoms with van der Waals surface area (Å²) in [6, 6.07) is -1.97. The van der Waals surface area contributed by atoms with Gasteiger partial charge in [0.2, 0.25) is 17.7 Å². The minimum atomic E-state index is -1.24. The first-order valence-corrected chi connectivity index (χ1v) is 23.5. The fourth-order valence-corrected chi connectivity index (χ4v) is 7.40. The van der Waals surface area contributed by atoms with Crippen LogP contribution in [0.3, 0.4) is 0 Å². The van der Waals surface area contributed by atoms with E-state index in [2.05, 4.69) is 21.3 Å². The molecule has 1 rings (SSSR count).